The monoisotopic (exact) mass is 302 g/mol. The van der Waals surface area contributed by atoms with Gasteiger partial charge in [-0.2, -0.15) is 0 Å². The summed E-state index contributed by atoms with van der Waals surface area (Å²) in [7, 11) is 0. The summed E-state index contributed by atoms with van der Waals surface area (Å²) in [5.41, 5.74) is 1.50. The van der Waals surface area contributed by atoms with Gasteiger partial charge < -0.3 is 4.74 Å². The lowest BCUT2D eigenvalue weighted by molar-refractivity contribution is 0.0834. The van der Waals surface area contributed by atoms with Crippen molar-refractivity contribution in [2.75, 3.05) is 11.9 Å². The number of hydrogen-bond acceptors (Lipinski definition) is 1. The number of alkyl halides is 1. The normalized spacial score (nSPS) is 17.9. The molecule has 1 aliphatic rings. The van der Waals surface area contributed by atoms with Crippen molar-refractivity contribution in [1.82, 2.24) is 0 Å². The third-order valence-electron chi connectivity index (χ3n) is 3.38. The molecule has 3 heteroatoms. The number of hydrogen-bond donors (Lipinski definition) is 0. The third kappa shape index (κ3) is 2.54. The van der Waals surface area contributed by atoms with Crippen molar-refractivity contribution in [3.63, 3.8) is 0 Å². The number of rotatable bonds is 4. The van der Waals surface area contributed by atoms with Gasteiger partial charge in [-0.1, -0.05) is 40.0 Å². The standard InChI is InChI=1S/C13H16BrClO/c1-10-3-4-11(15)7-12(10)16-9-13(8-14)5-2-6-13/h3-4,7H,2,5-6,8-9H2,1H3. The number of aryl methyl sites for hydroxylation is 1. The highest BCUT2D eigenvalue weighted by Crippen LogP contribution is 2.42. The molecule has 0 aromatic heterocycles. The van der Waals surface area contributed by atoms with Crippen LogP contribution in [0.5, 0.6) is 5.75 Å². The summed E-state index contributed by atoms with van der Waals surface area (Å²) in [6.45, 7) is 2.84. The summed E-state index contributed by atoms with van der Waals surface area (Å²) in [6.07, 6.45) is 3.85. The quantitative estimate of drug-likeness (QED) is 0.739. The maximum atomic E-state index is 5.96. The van der Waals surface area contributed by atoms with Gasteiger partial charge in [-0.25, -0.2) is 0 Å². The van der Waals surface area contributed by atoms with E-state index in [1.807, 2.05) is 25.1 Å². The van der Waals surface area contributed by atoms with E-state index in [1.165, 1.54) is 19.3 Å². The molecule has 0 radical (unpaired) electrons. The van der Waals surface area contributed by atoms with Crippen molar-refractivity contribution < 1.29 is 4.74 Å². The lowest BCUT2D eigenvalue weighted by Crippen LogP contribution is -2.37. The van der Waals surface area contributed by atoms with Gasteiger partial charge in [0.1, 0.15) is 5.75 Å². The van der Waals surface area contributed by atoms with Crippen LogP contribution in [0.25, 0.3) is 0 Å². The fourth-order valence-corrected chi connectivity index (χ4v) is 2.84. The van der Waals surface area contributed by atoms with E-state index in [0.29, 0.717) is 5.41 Å². The maximum absolute atomic E-state index is 5.96. The van der Waals surface area contributed by atoms with Crippen LogP contribution in [0, 0.1) is 12.3 Å². The van der Waals surface area contributed by atoms with E-state index in [2.05, 4.69) is 15.9 Å². The predicted octanol–water partition coefficient (Wildman–Crippen LogP) is 4.59. The van der Waals surface area contributed by atoms with Crippen LogP contribution in [0.3, 0.4) is 0 Å². The molecule has 0 heterocycles. The van der Waals surface area contributed by atoms with Gasteiger partial charge in [-0.05, 0) is 37.5 Å². The second kappa shape index (κ2) is 4.97. The topological polar surface area (TPSA) is 9.23 Å². The fraction of sp³-hybridized carbons (Fsp3) is 0.538. The van der Waals surface area contributed by atoms with Crippen LogP contribution in [0.1, 0.15) is 24.8 Å². The van der Waals surface area contributed by atoms with E-state index in [-0.39, 0.29) is 0 Å². The summed E-state index contributed by atoms with van der Waals surface area (Å²) < 4.78 is 5.90. The van der Waals surface area contributed by atoms with Crippen LogP contribution in [-0.4, -0.2) is 11.9 Å². The molecule has 1 aromatic rings. The zero-order valence-electron chi connectivity index (χ0n) is 9.43. The number of benzene rings is 1. The first kappa shape index (κ1) is 12.3. The van der Waals surface area contributed by atoms with E-state index in [0.717, 1.165) is 28.3 Å². The first-order chi connectivity index (χ1) is 7.65. The lowest BCUT2D eigenvalue weighted by atomic mass is 9.71. The van der Waals surface area contributed by atoms with Gasteiger partial charge in [-0.3, -0.25) is 0 Å². The van der Waals surface area contributed by atoms with E-state index < -0.39 is 0 Å². The van der Waals surface area contributed by atoms with Crippen molar-refractivity contribution in [1.29, 1.82) is 0 Å². The van der Waals surface area contributed by atoms with Crippen LogP contribution in [0.4, 0.5) is 0 Å². The molecule has 2 rings (SSSR count). The molecule has 0 amide bonds. The van der Waals surface area contributed by atoms with Crippen molar-refractivity contribution in [3.05, 3.63) is 28.8 Å². The Labute approximate surface area is 110 Å². The Morgan fingerprint density at radius 3 is 2.75 bits per heavy atom. The lowest BCUT2D eigenvalue weighted by Gasteiger charge is -2.40. The smallest absolute Gasteiger partial charge is 0.123 e. The summed E-state index contributed by atoms with van der Waals surface area (Å²) in [6, 6.07) is 5.80. The minimum Gasteiger partial charge on any atom is -0.493 e. The SMILES string of the molecule is Cc1ccc(Cl)cc1OCC1(CBr)CCC1. The Morgan fingerprint density at radius 1 is 1.44 bits per heavy atom. The van der Waals surface area contributed by atoms with Crippen molar-refractivity contribution >= 4 is 27.5 Å². The average molecular weight is 304 g/mol. The fourth-order valence-electron chi connectivity index (χ4n) is 1.95. The van der Waals surface area contributed by atoms with E-state index in [9.17, 15) is 0 Å². The minimum absolute atomic E-state index is 0.356. The molecule has 0 spiro atoms. The number of ether oxygens (including phenoxy) is 1. The molecule has 0 saturated heterocycles. The van der Waals surface area contributed by atoms with E-state index >= 15 is 0 Å². The van der Waals surface area contributed by atoms with E-state index in [4.69, 9.17) is 16.3 Å². The van der Waals surface area contributed by atoms with Crippen LogP contribution >= 0.6 is 27.5 Å². The molecule has 0 atom stereocenters. The van der Waals surface area contributed by atoms with E-state index in [1.54, 1.807) is 0 Å². The summed E-state index contributed by atoms with van der Waals surface area (Å²) in [4.78, 5) is 0. The molecule has 1 saturated carbocycles. The molecule has 0 unspecified atom stereocenters. The van der Waals surface area contributed by atoms with Crippen molar-refractivity contribution in [2.45, 2.75) is 26.2 Å². The Bertz CT molecular complexity index is 369. The summed E-state index contributed by atoms with van der Waals surface area (Å²) >= 11 is 9.54. The first-order valence-corrected chi connectivity index (χ1v) is 7.10. The highest BCUT2D eigenvalue weighted by atomic mass is 79.9. The summed E-state index contributed by atoms with van der Waals surface area (Å²) in [5, 5.41) is 1.77. The zero-order valence-corrected chi connectivity index (χ0v) is 11.8. The Hall–Kier alpha value is -0.210. The van der Waals surface area contributed by atoms with Crippen LogP contribution in [0.2, 0.25) is 5.02 Å². The highest BCUT2D eigenvalue weighted by Gasteiger charge is 2.36. The second-order valence-corrected chi connectivity index (χ2v) is 5.68. The minimum atomic E-state index is 0.356. The second-order valence-electron chi connectivity index (χ2n) is 4.69. The largest absolute Gasteiger partial charge is 0.493 e. The molecule has 1 aliphatic carbocycles. The molecule has 16 heavy (non-hydrogen) atoms. The molecule has 0 N–H and O–H groups in total. The van der Waals surface area contributed by atoms with Crippen LogP contribution in [0.15, 0.2) is 18.2 Å². The van der Waals surface area contributed by atoms with Gasteiger partial charge in [0, 0.05) is 15.8 Å². The molecule has 0 bridgehead atoms. The van der Waals surface area contributed by atoms with Crippen molar-refractivity contribution in [3.8, 4) is 5.75 Å². The molecule has 1 nitrogen and oxygen atoms in total. The molecule has 0 aliphatic heterocycles. The average Bonchev–Trinajstić information content (AvgIpc) is 2.22. The summed E-state index contributed by atoms with van der Waals surface area (Å²) in [5.74, 6) is 0.916. The molecule has 1 aromatic carbocycles. The Balaban J connectivity index is 2.01. The van der Waals surface area contributed by atoms with Gasteiger partial charge in [0.2, 0.25) is 0 Å². The van der Waals surface area contributed by atoms with Gasteiger partial charge in [-0.15, -0.1) is 0 Å². The molecular weight excluding hydrogens is 287 g/mol. The van der Waals surface area contributed by atoms with Gasteiger partial charge in [0.15, 0.2) is 0 Å². The van der Waals surface area contributed by atoms with Crippen molar-refractivity contribution in [2.24, 2.45) is 5.41 Å². The van der Waals surface area contributed by atoms with Gasteiger partial charge in [0.25, 0.3) is 0 Å². The third-order valence-corrected chi connectivity index (χ3v) is 4.81. The molecular formula is C13H16BrClO. The Kier molecular flexibility index (Phi) is 3.81. The van der Waals surface area contributed by atoms with Crippen LogP contribution in [-0.2, 0) is 0 Å². The van der Waals surface area contributed by atoms with Gasteiger partial charge in [0.05, 0.1) is 6.61 Å². The molecule has 88 valence electrons. The first-order valence-electron chi connectivity index (χ1n) is 5.60. The maximum Gasteiger partial charge on any atom is 0.123 e. The highest BCUT2D eigenvalue weighted by molar-refractivity contribution is 9.09. The zero-order chi connectivity index (χ0) is 11.6. The predicted molar refractivity (Wildman–Crippen MR) is 71.8 cm³/mol. The van der Waals surface area contributed by atoms with Gasteiger partial charge >= 0.3 is 0 Å². The van der Waals surface area contributed by atoms with Crippen LogP contribution < -0.4 is 4.74 Å². The number of halogens is 2. The molecule has 1 fully saturated rings. The Morgan fingerprint density at radius 2 is 2.19 bits per heavy atom.